The lowest BCUT2D eigenvalue weighted by molar-refractivity contribution is 0.629. The van der Waals surface area contributed by atoms with Gasteiger partial charge in [0, 0.05) is 26.8 Å². The van der Waals surface area contributed by atoms with Gasteiger partial charge in [-0.05, 0) is 67.4 Å². The molecule has 1 aromatic carbocycles. The topological polar surface area (TPSA) is 29.3 Å². The van der Waals surface area contributed by atoms with Crippen molar-refractivity contribution in [1.29, 1.82) is 0 Å². The van der Waals surface area contributed by atoms with Gasteiger partial charge in [0.25, 0.3) is 0 Å². The second kappa shape index (κ2) is 5.84. The molecule has 0 fully saturated rings. The van der Waals surface area contributed by atoms with Crippen LogP contribution in [0.3, 0.4) is 0 Å². The Kier molecular flexibility index (Phi) is 4.15. The van der Waals surface area contributed by atoms with E-state index >= 15 is 0 Å². The average molecular weight is 393 g/mol. The quantitative estimate of drug-likeness (QED) is 0.585. The summed E-state index contributed by atoms with van der Waals surface area (Å²) in [7, 11) is 0. The highest BCUT2D eigenvalue weighted by atomic mass is 79.9. The first kappa shape index (κ1) is 16.3. The zero-order valence-corrected chi connectivity index (χ0v) is 16.0. The van der Waals surface area contributed by atoms with Gasteiger partial charge in [-0.2, -0.15) is 0 Å². The summed E-state index contributed by atoms with van der Waals surface area (Å²) in [5.74, 6) is 0.971. The SMILES string of the molecule is Cc1cc(Br)cn2c(NC(C)(C)C)c(-c3cccc(Cl)c3)nc12. The van der Waals surface area contributed by atoms with Crippen LogP contribution < -0.4 is 5.32 Å². The molecule has 23 heavy (non-hydrogen) atoms. The van der Waals surface area contributed by atoms with Crippen molar-refractivity contribution in [3.63, 3.8) is 0 Å². The normalized spacial score (nSPS) is 11.9. The number of pyridine rings is 1. The lowest BCUT2D eigenvalue weighted by atomic mass is 10.1. The van der Waals surface area contributed by atoms with Crippen LogP contribution in [-0.2, 0) is 0 Å². The van der Waals surface area contributed by atoms with E-state index in [0.29, 0.717) is 5.02 Å². The van der Waals surface area contributed by atoms with Crippen molar-refractivity contribution < 1.29 is 0 Å². The van der Waals surface area contributed by atoms with Gasteiger partial charge in [0.1, 0.15) is 17.2 Å². The Morgan fingerprint density at radius 2 is 1.96 bits per heavy atom. The monoisotopic (exact) mass is 391 g/mol. The Bertz CT molecular complexity index is 878. The Balaban J connectivity index is 2.32. The molecule has 0 amide bonds. The van der Waals surface area contributed by atoms with E-state index in [-0.39, 0.29) is 5.54 Å². The van der Waals surface area contributed by atoms with E-state index in [1.165, 1.54) is 0 Å². The summed E-state index contributed by atoms with van der Waals surface area (Å²) >= 11 is 9.75. The molecule has 1 N–H and O–H groups in total. The fraction of sp³-hybridized carbons (Fsp3) is 0.278. The summed E-state index contributed by atoms with van der Waals surface area (Å²) in [6.07, 6.45) is 2.04. The van der Waals surface area contributed by atoms with Crippen molar-refractivity contribution in [1.82, 2.24) is 9.38 Å². The van der Waals surface area contributed by atoms with E-state index in [0.717, 1.165) is 32.8 Å². The lowest BCUT2D eigenvalue weighted by Crippen LogP contribution is -2.27. The molecule has 2 heterocycles. The number of nitrogens with zero attached hydrogens (tertiary/aromatic N) is 2. The summed E-state index contributed by atoms with van der Waals surface area (Å²) in [5.41, 5.74) is 3.88. The number of aryl methyl sites for hydroxylation is 1. The molecule has 0 saturated carbocycles. The number of fused-ring (bicyclic) bond motifs is 1. The Morgan fingerprint density at radius 1 is 1.22 bits per heavy atom. The summed E-state index contributed by atoms with van der Waals surface area (Å²) in [6, 6.07) is 9.88. The van der Waals surface area contributed by atoms with Crippen LogP contribution in [0.1, 0.15) is 26.3 Å². The number of anilines is 1. The first-order valence-electron chi connectivity index (χ1n) is 7.47. The molecule has 0 saturated heterocycles. The highest BCUT2D eigenvalue weighted by Crippen LogP contribution is 2.33. The smallest absolute Gasteiger partial charge is 0.142 e. The van der Waals surface area contributed by atoms with E-state index in [1.807, 2.05) is 30.5 Å². The van der Waals surface area contributed by atoms with Crippen molar-refractivity contribution in [3.05, 3.63) is 51.6 Å². The van der Waals surface area contributed by atoms with E-state index in [2.05, 4.69) is 59.4 Å². The molecule has 3 aromatic rings. The first-order valence-corrected chi connectivity index (χ1v) is 8.64. The van der Waals surface area contributed by atoms with E-state index in [4.69, 9.17) is 16.6 Å². The summed E-state index contributed by atoms with van der Waals surface area (Å²) in [5, 5.41) is 4.29. The Labute approximate surface area is 149 Å². The van der Waals surface area contributed by atoms with Gasteiger partial charge in [-0.15, -0.1) is 0 Å². The van der Waals surface area contributed by atoms with Crippen LogP contribution in [0, 0.1) is 6.92 Å². The van der Waals surface area contributed by atoms with E-state index in [9.17, 15) is 0 Å². The summed E-state index contributed by atoms with van der Waals surface area (Å²) < 4.78 is 3.12. The maximum Gasteiger partial charge on any atom is 0.142 e. The van der Waals surface area contributed by atoms with Gasteiger partial charge in [-0.1, -0.05) is 23.7 Å². The van der Waals surface area contributed by atoms with Crippen LogP contribution in [0.15, 0.2) is 41.0 Å². The van der Waals surface area contributed by atoms with Crippen LogP contribution in [0.25, 0.3) is 16.9 Å². The molecular formula is C18H19BrClN3. The maximum atomic E-state index is 6.17. The molecule has 0 atom stereocenters. The Hall–Kier alpha value is -1.52. The predicted octanol–water partition coefficient (Wildman–Crippen LogP) is 5.94. The Morgan fingerprint density at radius 3 is 2.61 bits per heavy atom. The minimum absolute atomic E-state index is 0.0838. The highest BCUT2D eigenvalue weighted by molar-refractivity contribution is 9.10. The van der Waals surface area contributed by atoms with E-state index in [1.54, 1.807) is 0 Å². The molecule has 3 rings (SSSR count). The number of halogens is 2. The molecule has 0 aliphatic heterocycles. The van der Waals surface area contributed by atoms with Gasteiger partial charge in [0.15, 0.2) is 0 Å². The second-order valence-electron chi connectivity index (χ2n) is 6.73. The average Bonchev–Trinajstić information content (AvgIpc) is 2.76. The zero-order valence-electron chi connectivity index (χ0n) is 13.6. The number of imidazole rings is 1. The van der Waals surface area contributed by atoms with Crippen LogP contribution in [-0.4, -0.2) is 14.9 Å². The lowest BCUT2D eigenvalue weighted by Gasteiger charge is -2.22. The number of hydrogen-bond acceptors (Lipinski definition) is 2. The molecule has 5 heteroatoms. The molecular weight excluding hydrogens is 374 g/mol. The largest absolute Gasteiger partial charge is 0.365 e. The molecule has 0 bridgehead atoms. The van der Waals surface area contributed by atoms with Crippen LogP contribution in [0.4, 0.5) is 5.82 Å². The van der Waals surface area contributed by atoms with Crippen molar-refractivity contribution in [2.24, 2.45) is 0 Å². The van der Waals surface area contributed by atoms with Crippen LogP contribution in [0.5, 0.6) is 0 Å². The van der Waals surface area contributed by atoms with Gasteiger partial charge < -0.3 is 5.32 Å². The number of hydrogen-bond donors (Lipinski definition) is 1. The van der Waals surface area contributed by atoms with Crippen molar-refractivity contribution >= 4 is 39.0 Å². The van der Waals surface area contributed by atoms with E-state index < -0.39 is 0 Å². The molecule has 2 aromatic heterocycles. The standard InChI is InChI=1S/C18H19BrClN3/c1-11-8-13(19)10-23-16(11)21-15(17(23)22-18(2,3)4)12-6-5-7-14(20)9-12/h5-10,22H,1-4H3. The van der Waals surface area contributed by atoms with Gasteiger partial charge in [0.05, 0.1) is 0 Å². The van der Waals surface area contributed by atoms with Gasteiger partial charge in [-0.3, -0.25) is 4.40 Å². The number of rotatable bonds is 2. The fourth-order valence-corrected chi connectivity index (χ4v) is 3.32. The molecule has 0 aliphatic rings. The van der Waals surface area contributed by atoms with Crippen LogP contribution >= 0.6 is 27.5 Å². The fourth-order valence-electron chi connectivity index (χ4n) is 2.58. The third kappa shape index (κ3) is 3.38. The molecule has 0 spiro atoms. The molecule has 0 aliphatic carbocycles. The zero-order chi connectivity index (χ0) is 16.8. The number of aromatic nitrogens is 2. The second-order valence-corrected chi connectivity index (χ2v) is 8.08. The highest BCUT2D eigenvalue weighted by Gasteiger charge is 2.20. The van der Waals surface area contributed by atoms with Gasteiger partial charge in [-0.25, -0.2) is 4.98 Å². The van der Waals surface area contributed by atoms with Crippen molar-refractivity contribution in [2.45, 2.75) is 33.2 Å². The van der Waals surface area contributed by atoms with Gasteiger partial charge >= 0.3 is 0 Å². The summed E-state index contributed by atoms with van der Waals surface area (Å²) in [4.78, 5) is 4.87. The minimum atomic E-state index is -0.0838. The third-order valence-electron chi connectivity index (χ3n) is 3.46. The minimum Gasteiger partial charge on any atom is -0.365 e. The third-order valence-corrected chi connectivity index (χ3v) is 4.13. The molecule has 120 valence electrons. The van der Waals surface area contributed by atoms with Crippen LogP contribution in [0.2, 0.25) is 5.02 Å². The molecule has 0 radical (unpaired) electrons. The number of nitrogens with one attached hydrogen (secondary N) is 1. The van der Waals surface area contributed by atoms with Crippen molar-refractivity contribution in [2.75, 3.05) is 5.32 Å². The maximum absolute atomic E-state index is 6.17. The van der Waals surface area contributed by atoms with Gasteiger partial charge in [0.2, 0.25) is 0 Å². The number of benzene rings is 1. The molecule has 3 nitrogen and oxygen atoms in total. The first-order chi connectivity index (χ1) is 10.7. The van der Waals surface area contributed by atoms with Crippen molar-refractivity contribution in [3.8, 4) is 11.3 Å². The molecule has 0 unspecified atom stereocenters. The predicted molar refractivity (Wildman–Crippen MR) is 101 cm³/mol. The summed E-state index contributed by atoms with van der Waals surface area (Å²) in [6.45, 7) is 8.48.